The van der Waals surface area contributed by atoms with Crippen LogP contribution in [0.25, 0.3) is 0 Å². The van der Waals surface area contributed by atoms with E-state index in [2.05, 4.69) is 15.9 Å². The van der Waals surface area contributed by atoms with Gasteiger partial charge in [-0.2, -0.15) is 0 Å². The van der Waals surface area contributed by atoms with Crippen molar-refractivity contribution in [3.63, 3.8) is 0 Å². The third-order valence-corrected chi connectivity index (χ3v) is 6.21. The van der Waals surface area contributed by atoms with Gasteiger partial charge in [-0.3, -0.25) is 0 Å². The molecule has 2 atom stereocenters. The van der Waals surface area contributed by atoms with Crippen LogP contribution in [-0.2, 0) is 4.57 Å². The molecule has 15 heavy (non-hydrogen) atoms. The molecule has 0 fully saturated rings. The molecule has 0 bridgehead atoms. The fraction of sp³-hybridized carbons (Fsp3) is 0.400. The fourth-order valence-corrected chi connectivity index (χ4v) is 3.78. The summed E-state index contributed by atoms with van der Waals surface area (Å²) in [6.45, 7) is 3.13. The van der Waals surface area contributed by atoms with Crippen molar-refractivity contribution in [1.82, 2.24) is 0 Å². The summed E-state index contributed by atoms with van der Waals surface area (Å²) >= 11 is 3.13. The van der Waals surface area contributed by atoms with E-state index in [0.717, 1.165) is 0 Å². The fourth-order valence-electron chi connectivity index (χ4n) is 1.42. The third kappa shape index (κ3) is 2.49. The second-order valence-corrected chi connectivity index (χ2v) is 7.71. The molecule has 0 heterocycles. The third-order valence-electron chi connectivity index (χ3n) is 2.39. The molecule has 1 rings (SSSR count). The van der Waals surface area contributed by atoms with E-state index < -0.39 is 18.8 Å². The molecule has 1 aromatic carbocycles. The van der Waals surface area contributed by atoms with Gasteiger partial charge in [0, 0.05) is 15.9 Å². The van der Waals surface area contributed by atoms with Gasteiger partial charge in [0.05, 0.1) is 0 Å². The van der Waals surface area contributed by atoms with Crippen LogP contribution >= 0.6 is 23.1 Å². The van der Waals surface area contributed by atoms with Crippen LogP contribution in [0.15, 0.2) is 22.7 Å². The van der Waals surface area contributed by atoms with Gasteiger partial charge in [-0.1, -0.05) is 22.9 Å². The number of aliphatic hydroxyl groups is 1. The van der Waals surface area contributed by atoms with Crippen LogP contribution in [0, 0.1) is 5.82 Å². The quantitative estimate of drug-likeness (QED) is 0.871. The van der Waals surface area contributed by atoms with Crippen LogP contribution in [-0.4, -0.2) is 17.1 Å². The molecule has 84 valence electrons. The average Bonchev–Trinajstić information content (AvgIpc) is 2.16. The summed E-state index contributed by atoms with van der Waals surface area (Å²) < 4.78 is 26.5. The van der Waals surface area contributed by atoms with Gasteiger partial charge in [0.2, 0.25) is 0 Å². The van der Waals surface area contributed by atoms with Crippen molar-refractivity contribution >= 4 is 28.4 Å². The predicted octanol–water partition coefficient (Wildman–Crippen LogP) is 2.93. The maximum Gasteiger partial charge on any atom is 0.144 e. The highest BCUT2D eigenvalue weighted by atomic mass is 79.9. The first-order valence-electron chi connectivity index (χ1n) is 4.64. The zero-order valence-corrected chi connectivity index (χ0v) is 11.1. The molecule has 0 aliphatic heterocycles. The van der Waals surface area contributed by atoms with Gasteiger partial charge < -0.3 is 9.67 Å². The standard InChI is InChI=1S/C10H13BrFO2P/c1-3-15(14,7(2)13)10-5-4-8(11)6-9(10)12/h4-7,13H,3H2,1-2H3. The lowest BCUT2D eigenvalue weighted by molar-refractivity contribution is 0.269. The molecule has 0 aliphatic rings. The summed E-state index contributed by atoms with van der Waals surface area (Å²) in [7, 11) is -3.02. The Kier molecular flexibility index (Phi) is 4.10. The van der Waals surface area contributed by atoms with Gasteiger partial charge >= 0.3 is 0 Å². The molecule has 0 aliphatic carbocycles. The Labute approximate surface area is 97.0 Å². The van der Waals surface area contributed by atoms with Crippen molar-refractivity contribution in [1.29, 1.82) is 0 Å². The summed E-state index contributed by atoms with van der Waals surface area (Å²) in [5.74, 6) is -1.55. The second kappa shape index (κ2) is 4.77. The summed E-state index contributed by atoms with van der Waals surface area (Å²) in [6.07, 6.45) is 0.253. The normalized spacial score (nSPS) is 17.1. The number of halogens is 2. The SMILES string of the molecule is CCP(=O)(c1ccc(Br)cc1F)C(C)O. The van der Waals surface area contributed by atoms with E-state index in [4.69, 9.17) is 0 Å². The lowest BCUT2D eigenvalue weighted by atomic mass is 10.3. The molecule has 0 saturated carbocycles. The average molecular weight is 295 g/mol. The molecule has 2 unspecified atom stereocenters. The summed E-state index contributed by atoms with van der Waals surface area (Å²) in [4.78, 5) is 0. The first-order chi connectivity index (χ1) is 6.91. The monoisotopic (exact) mass is 294 g/mol. The smallest absolute Gasteiger partial charge is 0.144 e. The van der Waals surface area contributed by atoms with Gasteiger partial charge in [0.15, 0.2) is 0 Å². The molecule has 0 saturated heterocycles. The molecule has 0 amide bonds. The van der Waals surface area contributed by atoms with Gasteiger partial charge in [-0.15, -0.1) is 0 Å². The Hall–Kier alpha value is -0.180. The highest BCUT2D eigenvalue weighted by Crippen LogP contribution is 2.48. The Morgan fingerprint density at radius 2 is 2.20 bits per heavy atom. The second-order valence-electron chi connectivity index (χ2n) is 3.34. The van der Waals surface area contributed by atoms with E-state index in [1.807, 2.05) is 0 Å². The predicted molar refractivity (Wildman–Crippen MR) is 63.6 cm³/mol. The molecule has 1 N–H and O–H groups in total. The maximum absolute atomic E-state index is 13.6. The van der Waals surface area contributed by atoms with Crippen LogP contribution in [0.4, 0.5) is 4.39 Å². The van der Waals surface area contributed by atoms with Gasteiger partial charge in [0.1, 0.15) is 18.8 Å². The molecule has 2 nitrogen and oxygen atoms in total. The van der Waals surface area contributed by atoms with E-state index in [0.29, 0.717) is 4.47 Å². The van der Waals surface area contributed by atoms with Crippen molar-refractivity contribution in [3.8, 4) is 0 Å². The largest absolute Gasteiger partial charge is 0.385 e. The summed E-state index contributed by atoms with van der Waals surface area (Å²) in [6, 6.07) is 4.36. The van der Waals surface area contributed by atoms with Crippen molar-refractivity contribution in [2.24, 2.45) is 0 Å². The molecule has 0 aromatic heterocycles. The number of hydrogen-bond acceptors (Lipinski definition) is 2. The van der Waals surface area contributed by atoms with Gasteiger partial charge in [0.25, 0.3) is 0 Å². The van der Waals surface area contributed by atoms with E-state index in [9.17, 15) is 14.1 Å². The number of rotatable bonds is 3. The molecule has 5 heteroatoms. The number of hydrogen-bond donors (Lipinski definition) is 1. The highest BCUT2D eigenvalue weighted by Gasteiger charge is 2.31. The van der Waals surface area contributed by atoms with Crippen molar-refractivity contribution in [2.75, 3.05) is 6.16 Å². The molecule has 1 aromatic rings. The minimum absolute atomic E-state index is 0.128. The van der Waals surface area contributed by atoms with Crippen molar-refractivity contribution < 1.29 is 14.1 Å². The zero-order chi connectivity index (χ0) is 11.6. The van der Waals surface area contributed by atoms with Gasteiger partial charge in [-0.05, 0) is 25.1 Å². The highest BCUT2D eigenvalue weighted by molar-refractivity contribution is 9.10. The lowest BCUT2D eigenvalue weighted by Gasteiger charge is -2.20. The van der Waals surface area contributed by atoms with Gasteiger partial charge in [-0.25, -0.2) is 4.39 Å². The molecule has 0 radical (unpaired) electrons. The number of aliphatic hydroxyl groups excluding tert-OH is 1. The van der Waals surface area contributed by atoms with Crippen LogP contribution < -0.4 is 5.30 Å². The van der Waals surface area contributed by atoms with E-state index in [1.165, 1.54) is 19.1 Å². The first kappa shape index (κ1) is 12.9. The molecule has 0 spiro atoms. The first-order valence-corrected chi connectivity index (χ1v) is 7.39. The maximum atomic E-state index is 13.6. The van der Waals surface area contributed by atoms with E-state index >= 15 is 0 Å². The number of benzene rings is 1. The Balaban J connectivity index is 3.31. The Morgan fingerprint density at radius 3 is 2.60 bits per heavy atom. The Bertz CT molecular complexity index is 406. The van der Waals surface area contributed by atoms with E-state index in [1.54, 1.807) is 13.0 Å². The van der Waals surface area contributed by atoms with Crippen LogP contribution in [0.1, 0.15) is 13.8 Å². The van der Waals surface area contributed by atoms with Crippen LogP contribution in [0.2, 0.25) is 0 Å². The summed E-state index contributed by atoms with van der Waals surface area (Å²) in [5.41, 5.74) is 0. The Morgan fingerprint density at radius 1 is 1.60 bits per heavy atom. The summed E-state index contributed by atoms with van der Waals surface area (Å²) in [5, 5.41) is 9.61. The minimum Gasteiger partial charge on any atom is -0.385 e. The van der Waals surface area contributed by atoms with Crippen LogP contribution in [0.3, 0.4) is 0 Å². The molecular weight excluding hydrogens is 282 g/mol. The van der Waals surface area contributed by atoms with E-state index in [-0.39, 0.29) is 11.5 Å². The van der Waals surface area contributed by atoms with Crippen molar-refractivity contribution in [3.05, 3.63) is 28.5 Å². The zero-order valence-electron chi connectivity index (χ0n) is 8.58. The van der Waals surface area contributed by atoms with Crippen molar-refractivity contribution in [2.45, 2.75) is 19.7 Å². The minimum atomic E-state index is -3.02. The van der Waals surface area contributed by atoms with Crippen LogP contribution in [0.5, 0.6) is 0 Å². The lowest BCUT2D eigenvalue weighted by Crippen LogP contribution is -2.19. The topological polar surface area (TPSA) is 37.3 Å². The molecular formula is C10H13BrFO2P.